The lowest BCUT2D eigenvalue weighted by Gasteiger charge is -2.21. The standard InChI is InChI=1S/C24H25F3N2O3S2/c1-14-12-20(34-23(3,4)21(30)31)15(2)11-19(14)32-10-9-28-22-29-18(13-33-22)16-5-7-17(8-6-16)24(25,26)27/h5-8,11-13H,9-10H2,1-4H3,(H,28,29)(H,30,31). The van der Waals surface area contributed by atoms with Crippen LogP contribution >= 0.6 is 23.1 Å². The van der Waals surface area contributed by atoms with Crippen LogP contribution in [0.2, 0.25) is 0 Å². The molecule has 0 atom stereocenters. The molecule has 1 aromatic heterocycles. The first-order chi connectivity index (χ1) is 15.9. The molecule has 5 nitrogen and oxygen atoms in total. The molecule has 0 amide bonds. The summed E-state index contributed by atoms with van der Waals surface area (Å²) >= 11 is 2.67. The first-order valence-electron chi connectivity index (χ1n) is 10.4. The molecular formula is C24H25F3N2O3S2. The number of nitrogens with zero attached hydrogens (tertiary/aromatic N) is 1. The maximum atomic E-state index is 12.7. The molecule has 10 heteroatoms. The highest BCUT2D eigenvalue weighted by Gasteiger charge is 2.30. The maximum Gasteiger partial charge on any atom is 0.416 e. The zero-order valence-electron chi connectivity index (χ0n) is 19.1. The van der Waals surface area contributed by atoms with Gasteiger partial charge in [0.15, 0.2) is 5.13 Å². The van der Waals surface area contributed by atoms with E-state index in [0.29, 0.717) is 29.5 Å². The van der Waals surface area contributed by atoms with E-state index in [9.17, 15) is 23.1 Å². The lowest BCUT2D eigenvalue weighted by Crippen LogP contribution is -2.27. The van der Waals surface area contributed by atoms with Crippen LogP contribution in [-0.2, 0) is 11.0 Å². The normalized spacial score (nSPS) is 12.0. The number of thioether (sulfide) groups is 1. The fraction of sp³-hybridized carbons (Fsp3) is 0.333. The summed E-state index contributed by atoms with van der Waals surface area (Å²) in [5.74, 6) is -0.147. The van der Waals surface area contributed by atoms with Crippen LogP contribution in [0.15, 0.2) is 46.7 Å². The highest BCUT2D eigenvalue weighted by Crippen LogP contribution is 2.37. The molecule has 0 saturated carbocycles. The number of halogens is 3. The van der Waals surface area contributed by atoms with Crippen LogP contribution in [0.1, 0.15) is 30.5 Å². The van der Waals surface area contributed by atoms with Crippen molar-refractivity contribution in [3.63, 3.8) is 0 Å². The quantitative estimate of drug-likeness (QED) is 0.241. The Morgan fingerprint density at radius 2 is 1.82 bits per heavy atom. The van der Waals surface area contributed by atoms with Gasteiger partial charge in [0.05, 0.1) is 17.8 Å². The van der Waals surface area contributed by atoms with Crippen LogP contribution in [-0.4, -0.2) is 34.0 Å². The largest absolute Gasteiger partial charge is 0.491 e. The molecule has 3 aromatic rings. The zero-order valence-corrected chi connectivity index (χ0v) is 20.7. The minimum atomic E-state index is -4.36. The molecule has 0 bridgehead atoms. The van der Waals surface area contributed by atoms with E-state index in [4.69, 9.17) is 4.74 Å². The van der Waals surface area contributed by atoms with Gasteiger partial charge in [-0.15, -0.1) is 23.1 Å². The molecular weight excluding hydrogens is 485 g/mol. The summed E-state index contributed by atoms with van der Waals surface area (Å²) in [6.07, 6.45) is -4.36. The molecule has 0 aliphatic heterocycles. The number of aryl methyl sites for hydroxylation is 2. The molecule has 0 aliphatic rings. The van der Waals surface area contributed by atoms with E-state index in [1.807, 2.05) is 26.0 Å². The summed E-state index contributed by atoms with van der Waals surface area (Å²) in [4.78, 5) is 16.7. The van der Waals surface area contributed by atoms with Crippen molar-refractivity contribution < 1.29 is 27.8 Å². The van der Waals surface area contributed by atoms with E-state index >= 15 is 0 Å². The van der Waals surface area contributed by atoms with Crippen molar-refractivity contribution in [2.75, 3.05) is 18.5 Å². The molecule has 2 aromatic carbocycles. The number of alkyl halides is 3. The van der Waals surface area contributed by atoms with E-state index in [-0.39, 0.29) is 0 Å². The summed E-state index contributed by atoms with van der Waals surface area (Å²) < 4.78 is 43.1. The van der Waals surface area contributed by atoms with Crippen molar-refractivity contribution in [1.82, 2.24) is 4.98 Å². The van der Waals surface area contributed by atoms with Gasteiger partial charge in [-0.1, -0.05) is 12.1 Å². The average Bonchev–Trinajstić information content (AvgIpc) is 3.22. The van der Waals surface area contributed by atoms with Crippen LogP contribution < -0.4 is 10.1 Å². The molecule has 0 aliphatic carbocycles. The smallest absolute Gasteiger partial charge is 0.416 e. The topological polar surface area (TPSA) is 71.5 Å². The number of aromatic nitrogens is 1. The van der Waals surface area contributed by atoms with E-state index in [2.05, 4.69) is 10.3 Å². The number of carboxylic acids is 1. The van der Waals surface area contributed by atoms with Gasteiger partial charge in [-0.2, -0.15) is 13.2 Å². The number of carboxylic acid groups (broad SMARTS) is 1. The Morgan fingerprint density at radius 3 is 2.44 bits per heavy atom. The van der Waals surface area contributed by atoms with Gasteiger partial charge in [-0.05, 0) is 63.1 Å². The summed E-state index contributed by atoms with van der Waals surface area (Å²) in [6.45, 7) is 8.04. The Bertz CT molecular complexity index is 1160. The molecule has 0 unspecified atom stereocenters. The van der Waals surface area contributed by atoms with E-state index < -0.39 is 22.5 Å². The minimum absolute atomic E-state index is 0.378. The molecule has 34 heavy (non-hydrogen) atoms. The zero-order chi connectivity index (χ0) is 25.1. The van der Waals surface area contributed by atoms with Crippen molar-refractivity contribution in [3.05, 3.63) is 58.5 Å². The third-order valence-corrected chi connectivity index (χ3v) is 7.15. The molecule has 0 spiro atoms. The van der Waals surface area contributed by atoms with Crippen molar-refractivity contribution in [1.29, 1.82) is 0 Å². The minimum Gasteiger partial charge on any atom is -0.491 e. The van der Waals surface area contributed by atoms with E-state index in [1.54, 1.807) is 19.2 Å². The summed E-state index contributed by atoms with van der Waals surface area (Å²) in [5, 5.41) is 15.0. The van der Waals surface area contributed by atoms with Gasteiger partial charge in [-0.25, -0.2) is 4.98 Å². The second-order valence-corrected chi connectivity index (χ2v) is 10.7. The summed E-state index contributed by atoms with van der Waals surface area (Å²) in [7, 11) is 0. The van der Waals surface area contributed by atoms with Crippen LogP contribution in [0.4, 0.5) is 18.3 Å². The number of hydrogen-bond donors (Lipinski definition) is 2. The van der Waals surface area contributed by atoms with Gasteiger partial charge in [-0.3, -0.25) is 4.79 Å². The van der Waals surface area contributed by atoms with Crippen molar-refractivity contribution in [2.45, 2.75) is 43.5 Å². The lowest BCUT2D eigenvalue weighted by molar-refractivity contribution is -0.139. The molecule has 182 valence electrons. The second kappa shape index (κ2) is 10.3. The summed E-state index contributed by atoms with van der Waals surface area (Å²) in [6, 6.07) is 8.76. The van der Waals surface area contributed by atoms with Crippen LogP contribution in [0.5, 0.6) is 5.75 Å². The molecule has 0 fully saturated rings. The number of carbonyl (C=O) groups is 1. The number of anilines is 1. The number of nitrogens with one attached hydrogen (secondary N) is 1. The third-order valence-electron chi connectivity index (χ3n) is 5.00. The van der Waals surface area contributed by atoms with E-state index in [1.165, 1.54) is 35.2 Å². The van der Waals surface area contributed by atoms with E-state index in [0.717, 1.165) is 33.9 Å². The number of rotatable bonds is 9. The Labute approximate surface area is 204 Å². The van der Waals surface area contributed by atoms with Gasteiger partial charge in [0, 0.05) is 15.8 Å². The predicted molar refractivity (Wildman–Crippen MR) is 130 cm³/mol. The Kier molecular flexibility index (Phi) is 7.82. The summed E-state index contributed by atoms with van der Waals surface area (Å²) in [5.41, 5.74) is 2.38. The monoisotopic (exact) mass is 510 g/mol. The number of benzene rings is 2. The fourth-order valence-electron chi connectivity index (χ4n) is 2.98. The van der Waals surface area contributed by atoms with Gasteiger partial charge in [0.1, 0.15) is 17.1 Å². The molecule has 0 radical (unpaired) electrons. The predicted octanol–water partition coefficient (Wildman–Crippen LogP) is 6.89. The first kappa shape index (κ1) is 25.9. The van der Waals surface area contributed by atoms with Crippen LogP contribution in [0.3, 0.4) is 0 Å². The van der Waals surface area contributed by atoms with Gasteiger partial charge in [0.2, 0.25) is 0 Å². The highest BCUT2D eigenvalue weighted by atomic mass is 32.2. The highest BCUT2D eigenvalue weighted by molar-refractivity contribution is 8.01. The van der Waals surface area contributed by atoms with Gasteiger partial charge < -0.3 is 15.2 Å². The fourth-order valence-corrected chi connectivity index (χ4v) is 4.82. The molecule has 2 N–H and O–H groups in total. The molecule has 3 rings (SSSR count). The van der Waals surface area contributed by atoms with Gasteiger partial charge >= 0.3 is 12.1 Å². The number of hydrogen-bond acceptors (Lipinski definition) is 6. The number of ether oxygens (including phenoxy) is 1. The Balaban J connectivity index is 1.55. The number of aliphatic carboxylic acids is 1. The second-order valence-electron chi connectivity index (χ2n) is 8.19. The number of thiazole rings is 1. The Morgan fingerprint density at radius 1 is 1.15 bits per heavy atom. The van der Waals surface area contributed by atoms with Crippen molar-refractivity contribution >= 4 is 34.2 Å². The lowest BCUT2D eigenvalue weighted by atomic mass is 10.1. The van der Waals surface area contributed by atoms with Crippen molar-refractivity contribution in [2.24, 2.45) is 0 Å². The van der Waals surface area contributed by atoms with Crippen LogP contribution in [0, 0.1) is 13.8 Å². The maximum absolute atomic E-state index is 12.7. The Hall–Kier alpha value is -2.72. The average molecular weight is 511 g/mol. The SMILES string of the molecule is Cc1cc(SC(C)(C)C(=O)O)c(C)cc1OCCNc1nc(-c2ccc(C(F)(F)F)cc2)cs1. The van der Waals surface area contributed by atoms with Crippen LogP contribution in [0.25, 0.3) is 11.3 Å². The molecule has 1 heterocycles. The first-order valence-corrected chi connectivity index (χ1v) is 12.1. The molecule has 0 saturated heterocycles. The van der Waals surface area contributed by atoms with Gasteiger partial charge in [0.25, 0.3) is 0 Å². The van der Waals surface area contributed by atoms with Crippen molar-refractivity contribution in [3.8, 4) is 17.0 Å². The third kappa shape index (κ3) is 6.44.